The Hall–Kier alpha value is -2.84. The molecule has 2 heterocycles. The average molecular weight is 897 g/mol. The van der Waals surface area contributed by atoms with E-state index in [0.29, 0.717) is 0 Å². The second-order valence-electron chi connectivity index (χ2n) is 16.9. The quantitative estimate of drug-likeness (QED) is 0.0693. The number of hydrogen-bond donors (Lipinski definition) is 1. The molecule has 5 aromatic rings. The Morgan fingerprint density at radius 2 is 1.47 bits per heavy atom. The molecule has 0 spiro atoms. The van der Waals surface area contributed by atoms with Crippen LogP contribution in [0.3, 0.4) is 0 Å². The summed E-state index contributed by atoms with van der Waals surface area (Å²) in [6.45, 7) is 29.4. The Labute approximate surface area is 321 Å². The molecule has 1 aliphatic carbocycles. The molecule has 0 aliphatic heterocycles. The molecule has 275 valence electrons. The van der Waals surface area contributed by atoms with Crippen LogP contribution in [0.1, 0.15) is 83.9 Å². The number of rotatable bonds is 9. The van der Waals surface area contributed by atoms with Gasteiger partial charge in [0.2, 0.25) is 0 Å². The summed E-state index contributed by atoms with van der Waals surface area (Å²) in [5.41, 5.74) is 7.99. The van der Waals surface area contributed by atoms with E-state index in [4.69, 9.17) is 9.40 Å². The van der Waals surface area contributed by atoms with Gasteiger partial charge in [-0.15, -0.1) is 23.3 Å². The minimum absolute atomic E-state index is 0. The number of nitrogens with zero attached hydrogens (tertiary/aromatic N) is 1. The molecular formula is C44H58IrNO3Si2-. The molecule has 6 rings (SSSR count). The summed E-state index contributed by atoms with van der Waals surface area (Å²) < 4.78 is 6.95. The van der Waals surface area contributed by atoms with E-state index < -0.39 is 16.1 Å². The van der Waals surface area contributed by atoms with Gasteiger partial charge in [0.25, 0.3) is 0 Å². The van der Waals surface area contributed by atoms with Crippen molar-refractivity contribution in [2.45, 2.75) is 119 Å². The topological polar surface area (TPSA) is 63.3 Å². The Morgan fingerprint density at radius 3 is 2.04 bits per heavy atom. The van der Waals surface area contributed by atoms with Crippen molar-refractivity contribution in [3.05, 3.63) is 77.2 Å². The van der Waals surface area contributed by atoms with Crippen molar-refractivity contribution in [2.24, 2.45) is 11.8 Å². The number of allylic oxidation sites excluding steroid dienone is 2. The number of hydrogen-bond acceptors (Lipinski definition) is 4. The van der Waals surface area contributed by atoms with E-state index >= 15 is 0 Å². The molecule has 2 aromatic heterocycles. The molecule has 1 N–H and O–H groups in total. The van der Waals surface area contributed by atoms with Gasteiger partial charge in [-0.05, 0) is 59.7 Å². The number of aliphatic hydroxyl groups is 1. The number of carbonyl (C=O) groups excluding carboxylic acids is 1. The molecule has 0 amide bonds. The molecule has 0 unspecified atom stereocenters. The Morgan fingerprint density at radius 1 is 0.882 bits per heavy atom. The van der Waals surface area contributed by atoms with E-state index in [-0.39, 0.29) is 48.9 Å². The van der Waals surface area contributed by atoms with Crippen molar-refractivity contribution in [3.63, 3.8) is 0 Å². The molecular weight excluding hydrogens is 839 g/mol. The molecule has 4 nitrogen and oxygen atoms in total. The first-order chi connectivity index (χ1) is 23.4. The van der Waals surface area contributed by atoms with E-state index in [1.807, 2.05) is 27.7 Å². The van der Waals surface area contributed by atoms with Gasteiger partial charge >= 0.3 is 0 Å². The van der Waals surface area contributed by atoms with E-state index in [0.717, 1.165) is 48.1 Å². The zero-order valence-corrected chi connectivity index (χ0v) is 37.5. The molecule has 3 aromatic carbocycles. The fourth-order valence-corrected chi connectivity index (χ4v) is 10.6. The Bertz CT molecular complexity index is 2110. The van der Waals surface area contributed by atoms with Gasteiger partial charge in [0, 0.05) is 55.0 Å². The van der Waals surface area contributed by atoms with Gasteiger partial charge in [0.05, 0.1) is 21.9 Å². The van der Waals surface area contributed by atoms with E-state index in [1.54, 1.807) is 0 Å². The Kier molecular flexibility index (Phi) is 12.2. The normalized spacial score (nSPS) is 14.1. The fraction of sp³-hybridized carbons (Fsp3) is 0.455. The van der Waals surface area contributed by atoms with Gasteiger partial charge in [-0.2, -0.15) is 0 Å². The molecule has 0 saturated carbocycles. The molecule has 7 heteroatoms. The number of aromatic nitrogens is 1. The van der Waals surface area contributed by atoms with Crippen molar-refractivity contribution in [2.75, 3.05) is 0 Å². The van der Waals surface area contributed by atoms with Crippen LogP contribution < -0.4 is 10.4 Å². The maximum Gasteiger partial charge on any atom is 0.162 e. The number of aryl methyl sites for hydroxylation is 1. The zero-order chi connectivity index (χ0) is 36.9. The summed E-state index contributed by atoms with van der Waals surface area (Å²) in [5, 5.41) is 17.5. The molecule has 0 atom stereocenters. The van der Waals surface area contributed by atoms with Crippen molar-refractivity contribution in [1.29, 1.82) is 0 Å². The van der Waals surface area contributed by atoms with E-state index in [1.165, 1.54) is 54.7 Å². The largest absolute Gasteiger partial charge is 0.512 e. The van der Waals surface area contributed by atoms with Gasteiger partial charge < -0.3 is 14.5 Å². The molecule has 51 heavy (non-hydrogen) atoms. The number of benzene rings is 3. The van der Waals surface area contributed by atoms with Crippen molar-refractivity contribution >= 4 is 65.0 Å². The molecule has 1 radical (unpaired) electrons. The van der Waals surface area contributed by atoms with Crippen LogP contribution in [-0.4, -0.2) is 32.0 Å². The first kappa shape index (κ1) is 40.9. The number of pyridine rings is 1. The molecule has 0 bridgehead atoms. The second-order valence-corrected chi connectivity index (χ2v) is 27.0. The fourth-order valence-electron chi connectivity index (χ4n) is 7.84. The standard InChI is InChI=1S/C31H34NOSi2.C13H24O2.Ir/c1-18-10-12-20-19(16-18)11-13-21-27(20)31(2,3)22-14-15-23(34(4,5)6)29-25(22)26-28(21)32-17-24(30(26)33-29)35(7,8)9;1-5-10(6-2)12(14)9-13(15)11(7-3)8-4;/h10-12,14-17H,1-9H3;9-11,14H,5-8H2,1-4H3;/q-1;;/b;12-9-;. The van der Waals surface area contributed by atoms with Crippen LogP contribution in [0.5, 0.6) is 0 Å². The summed E-state index contributed by atoms with van der Waals surface area (Å²) in [6, 6.07) is 17.4. The summed E-state index contributed by atoms with van der Waals surface area (Å²) >= 11 is 0. The average Bonchev–Trinajstić information content (AvgIpc) is 3.40. The first-order valence-corrected chi connectivity index (χ1v) is 25.7. The first-order valence-electron chi connectivity index (χ1n) is 18.7. The summed E-state index contributed by atoms with van der Waals surface area (Å²) in [7, 11) is -3.33. The van der Waals surface area contributed by atoms with Crippen molar-refractivity contribution in [3.8, 4) is 11.3 Å². The summed E-state index contributed by atoms with van der Waals surface area (Å²) in [5.74, 6) is 0.547. The third kappa shape index (κ3) is 7.51. The van der Waals surface area contributed by atoms with Gasteiger partial charge in [0.15, 0.2) is 5.78 Å². The Balaban J connectivity index is 0.000000312. The summed E-state index contributed by atoms with van der Waals surface area (Å²) in [4.78, 5) is 16.9. The SMILES string of the molecule is CCC(CC)C(=O)/C=C(\O)C(CC)CC.Cc1ccc2c3c([c-]cc2c1)-c1ncc([Si](C)(C)C)c2oc4c([Si](C)(C)C)ccc(c4c12)C3(C)C.[Ir]. The molecule has 0 saturated heterocycles. The number of ketones is 1. The minimum atomic E-state index is -1.69. The van der Waals surface area contributed by atoms with Gasteiger partial charge in [-0.3, -0.25) is 4.79 Å². The number of aliphatic hydroxyl groups excluding tert-OH is 1. The van der Waals surface area contributed by atoms with Crippen molar-refractivity contribution < 1.29 is 34.4 Å². The van der Waals surface area contributed by atoms with Gasteiger partial charge in [-0.25, -0.2) is 0 Å². The van der Waals surface area contributed by atoms with E-state index in [9.17, 15) is 9.90 Å². The zero-order valence-electron chi connectivity index (χ0n) is 33.1. The third-order valence-electron chi connectivity index (χ3n) is 11.0. The van der Waals surface area contributed by atoms with Crippen LogP contribution in [-0.2, 0) is 30.3 Å². The van der Waals surface area contributed by atoms with E-state index in [2.05, 4.69) is 109 Å². The maximum absolute atomic E-state index is 11.7. The van der Waals surface area contributed by atoms with Crippen molar-refractivity contribution in [1.82, 2.24) is 4.98 Å². The second kappa shape index (κ2) is 15.3. The maximum atomic E-state index is 11.7. The van der Waals surface area contributed by atoms with Crippen LogP contribution >= 0.6 is 0 Å². The van der Waals surface area contributed by atoms with Crippen LogP contribution in [0.4, 0.5) is 0 Å². The number of carbonyl (C=O) groups is 1. The minimum Gasteiger partial charge on any atom is -0.512 e. The third-order valence-corrected chi connectivity index (χ3v) is 15.0. The monoisotopic (exact) mass is 897 g/mol. The predicted octanol–water partition coefficient (Wildman–Crippen LogP) is 11.5. The molecule has 1 aliphatic rings. The van der Waals surface area contributed by atoms with Gasteiger partial charge in [0.1, 0.15) is 11.2 Å². The van der Waals surface area contributed by atoms with Crippen LogP contribution in [0, 0.1) is 24.8 Å². The van der Waals surface area contributed by atoms with Crippen LogP contribution in [0.15, 0.2) is 58.8 Å². The summed E-state index contributed by atoms with van der Waals surface area (Å²) in [6.07, 6.45) is 7.01. The van der Waals surface area contributed by atoms with Crippen LogP contribution in [0.25, 0.3) is 44.0 Å². The number of fused-ring (bicyclic) bond motifs is 4. The molecule has 0 fully saturated rings. The number of furan rings is 1. The van der Waals surface area contributed by atoms with Crippen LogP contribution in [0.2, 0.25) is 39.3 Å². The smallest absolute Gasteiger partial charge is 0.162 e. The van der Waals surface area contributed by atoms with Gasteiger partial charge in [-0.1, -0.05) is 127 Å². The predicted molar refractivity (Wildman–Crippen MR) is 220 cm³/mol.